The van der Waals surface area contributed by atoms with Gasteiger partial charge in [0.1, 0.15) is 5.82 Å². The van der Waals surface area contributed by atoms with Crippen molar-refractivity contribution < 1.29 is 13.2 Å². The Morgan fingerprint density at radius 1 is 1.17 bits per heavy atom. The van der Waals surface area contributed by atoms with E-state index in [1.165, 1.54) is 39.0 Å². The van der Waals surface area contributed by atoms with Crippen molar-refractivity contribution in [2.24, 2.45) is 0 Å². The van der Waals surface area contributed by atoms with Crippen molar-refractivity contribution in [1.29, 1.82) is 0 Å². The zero-order valence-electron chi connectivity index (χ0n) is 17.5. The number of nitrogens with one attached hydrogen (secondary N) is 1. The number of carbonyl (C=O) groups excluding carboxylic acids is 1. The molecule has 160 valence electrons. The highest BCUT2D eigenvalue weighted by molar-refractivity contribution is 7.92. The predicted molar refractivity (Wildman–Crippen MR) is 118 cm³/mol. The molecule has 2 aromatic rings. The van der Waals surface area contributed by atoms with E-state index < -0.39 is 10.0 Å². The highest BCUT2D eigenvalue weighted by atomic mass is 32.2. The first-order chi connectivity index (χ1) is 14.3. The fraction of sp³-hybridized carbons (Fsp3) is 0.455. The quantitative estimate of drug-likeness (QED) is 0.787. The van der Waals surface area contributed by atoms with Crippen LogP contribution in [0.25, 0.3) is 0 Å². The molecule has 0 unspecified atom stereocenters. The highest BCUT2D eigenvalue weighted by Crippen LogP contribution is 2.31. The zero-order chi connectivity index (χ0) is 21.3. The van der Waals surface area contributed by atoms with Crippen molar-refractivity contribution >= 4 is 33.1 Å². The van der Waals surface area contributed by atoms with Gasteiger partial charge in [-0.1, -0.05) is 19.3 Å². The second kappa shape index (κ2) is 8.26. The minimum absolute atomic E-state index is 0.0353. The summed E-state index contributed by atoms with van der Waals surface area (Å²) in [7, 11) is -1.68. The van der Waals surface area contributed by atoms with E-state index in [4.69, 9.17) is 0 Å². The molecule has 1 aliphatic carbocycles. The third-order valence-electron chi connectivity index (χ3n) is 6.12. The van der Waals surface area contributed by atoms with Crippen molar-refractivity contribution in [3.63, 3.8) is 0 Å². The van der Waals surface area contributed by atoms with Crippen molar-refractivity contribution in [1.82, 2.24) is 4.98 Å². The van der Waals surface area contributed by atoms with Crippen LogP contribution in [0, 0.1) is 0 Å². The third-order valence-corrected chi connectivity index (χ3v) is 7.50. The Hall–Kier alpha value is -2.61. The van der Waals surface area contributed by atoms with E-state index in [0.717, 1.165) is 17.1 Å². The van der Waals surface area contributed by atoms with Gasteiger partial charge in [-0.25, -0.2) is 13.4 Å². The molecule has 0 spiro atoms. The van der Waals surface area contributed by atoms with Gasteiger partial charge in [0.25, 0.3) is 10.0 Å². The van der Waals surface area contributed by atoms with Crippen molar-refractivity contribution in [3.05, 3.63) is 42.1 Å². The molecule has 0 atom stereocenters. The lowest BCUT2D eigenvalue weighted by atomic mass is 9.94. The highest BCUT2D eigenvalue weighted by Gasteiger charge is 2.25. The number of anilines is 3. The van der Waals surface area contributed by atoms with Crippen molar-refractivity contribution in [2.45, 2.75) is 56.4 Å². The number of benzene rings is 1. The molecule has 1 aliphatic heterocycles. The van der Waals surface area contributed by atoms with Crippen LogP contribution in [-0.2, 0) is 21.2 Å². The minimum Gasteiger partial charge on any atom is -0.357 e. The Morgan fingerprint density at radius 2 is 1.93 bits per heavy atom. The molecule has 0 radical (unpaired) electrons. The van der Waals surface area contributed by atoms with Gasteiger partial charge in [-0.15, -0.1) is 0 Å². The number of amides is 1. The molecule has 1 amide bonds. The van der Waals surface area contributed by atoms with Crippen LogP contribution in [0.1, 0.15) is 44.6 Å². The van der Waals surface area contributed by atoms with E-state index in [0.29, 0.717) is 24.7 Å². The van der Waals surface area contributed by atoms with Gasteiger partial charge in [-0.3, -0.25) is 9.52 Å². The van der Waals surface area contributed by atoms with E-state index in [9.17, 15) is 13.2 Å². The summed E-state index contributed by atoms with van der Waals surface area (Å²) in [4.78, 5) is 20.2. The Balaban J connectivity index is 1.48. The molecule has 2 heterocycles. The smallest absolute Gasteiger partial charge is 0.261 e. The number of pyridine rings is 1. The second-order valence-electron chi connectivity index (χ2n) is 8.12. The summed E-state index contributed by atoms with van der Waals surface area (Å²) in [6.45, 7) is 2.10. The van der Waals surface area contributed by atoms with E-state index in [-0.39, 0.29) is 10.8 Å². The monoisotopic (exact) mass is 428 g/mol. The molecule has 0 saturated heterocycles. The van der Waals surface area contributed by atoms with Crippen LogP contribution in [0.2, 0.25) is 0 Å². The average molecular weight is 429 g/mol. The molecule has 30 heavy (non-hydrogen) atoms. The van der Waals surface area contributed by atoms with Gasteiger partial charge in [0.05, 0.1) is 16.8 Å². The summed E-state index contributed by atoms with van der Waals surface area (Å²) >= 11 is 0. The molecule has 7 nitrogen and oxygen atoms in total. The van der Waals surface area contributed by atoms with Crippen molar-refractivity contribution in [2.75, 3.05) is 28.1 Å². The number of hydrogen-bond donors (Lipinski definition) is 1. The first-order valence-corrected chi connectivity index (χ1v) is 12.0. The number of aromatic nitrogens is 1. The van der Waals surface area contributed by atoms with Gasteiger partial charge >= 0.3 is 0 Å². The number of carbonyl (C=O) groups is 1. The number of fused-ring (bicyclic) bond motifs is 1. The number of hydrogen-bond acceptors (Lipinski definition) is 5. The van der Waals surface area contributed by atoms with E-state index in [1.807, 2.05) is 6.07 Å². The Kier molecular flexibility index (Phi) is 5.69. The van der Waals surface area contributed by atoms with Crippen LogP contribution in [0.3, 0.4) is 0 Å². The Morgan fingerprint density at radius 3 is 2.60 bits per heavy atom. The minimum atomic E-state index is -3.73. The maximum Gasteiger partial charge on any atom is 0.261 e. The van der Waals surface area contributed by atoms with Gasteiger partial charge in [0.15, 0.2) is 0 Å². The summed E-state index contributed by atoms with van der Waals surface area (Å²) in [6, 6.07) is 9.01. The van der Waals surface area contributed by atoms with E-state index in [1.54, 1.807) is 35.4 Å². The lowest BCUT2D eigenvalue weighted by Gasteiger charge is -2.32. The van der Waals surface area contributed by atoms with Gasteiger partial charge < -0.3 is 9.80 Å². The summed E-state index contributed by atoms with van der Waals surface area (Å²) in [5, 5.41) is 0. The van der Waals surface area contributed by atoms with Gasteiger partial charge in [-0.2, -0.15) is 0 Å². The molecule has 4 rings (SSSR count). The topological polar surface area (TPSA) is 82.6 Å². The van der Waals surface area contributed by atoms with Crippen LogP contribution in [-0.4, -0.2) is 38.9 Å². The largest absolute Gasteiger partial charge is 0.357 e. The van der Waals surface area contributed by atoms with Crippen LogP contribution < -0.4 is 14.5 Å². The maximum absolute atomic E-state index is 12.9. The summed E-state index contributed by atoms with van der Waals surface area (Å²) < 4.78 is 28.3. The molecule has 1 aromatic carbocycles. The van der Waals surface area contributed by atoms with Gasteiger partial charge in [-0.05, 0) is 55.2 Å². The molecular weight excluding hydrogens is 400 g/mol. The Labute approximate surface area is 178 Å². The molecule has 1 N–H and O–H groups in total. The summed E-state index contributed by atoms with van der Waals surface area (Å²) in [6.07, 6.45) is 8.36. The van der Waals surface area contributed by atoms with Gasteiger partial charge in [0, 0.05) is 32.2 Å². The number of rotatable bonds is 5. The van der Waals surface area contributed by atoms with Crippen LogP contribution >= 0.6 is 0 Å². The van der Waals surface area contributed by atoms with Crippen molar-refractivity contribution in [3.8, 4) is 0 Å². The molecule has 1 aromatic heterocycles. The van der Waals surface area contributed by atoms with E-state index in [2.05, 4.69) is 21.7 Å². The van der Waals surface area contributed by atoms with Crippen LogP contribution in [0.5, 0.6) is 0 Å². The lowest BCUT2D eigenvalue weighted by Crippen LogP contribution is -2.33. The summed E-state index contributed by atoms with van der Waals surface area (Å²) in [5.74, 6) is 0.818. The number of sulfonamides is 1. The fourth-order valence-corrected chi connectivity index (χ4v) is 5.49. The predicted octanol–water partition coefficient (Wildman–Crippen LogP) is 3.56. The lowest BCUT2D eigenvalue weighted by molar-refractivity contribution is -0.116. The molecule has 1 fully saturated rings. The second-order valence-corrected chi connectivity index (χ2v) is 9.81. The molecule has 1 saturated carbocycles. The van der Waals surface area contributed by atoms with Gasteiger partial charge in [0.2, 0.25) is 5.91 Å². The van der Waals surface area contributed by atoms with Crippen LogP contribution in [0.15, 0.2) is 41.4 Å². The number of nitrogens with zero attached hydrogens (tertiary/aromatic N) is 3. The molecule has 0 bridgehead atoms. The van der Waals surface area contributed by atoms with E-state index >= 15 is 0 Å². The van der Waals surface area contributed by atoms with Crippen LogP contribution in [0.4, 0.5) is 17.2 Å². The molecule has 2 aliphatic rings. The normalized spacial score (nSPS) is 16.9. The molecular formula is C22H28N4O3S. The third kappa shape index (κ3) is 4.14. The average Bonchev–Trinajstić information content (AvgIpc) is 3.18. The standard InChI is InChI=1S/C22H28N4O3S/c1-16(27)26-13-12-17-14-20(9-10-21(17)26)30(28,29)24-18-8-11-22(23-15-18)25(2)19-6-4-3-5-7-19/h8-11,14-15,19,24H,3-7,12-13H2,1-2H3. The maximum atomic E-state index is 12.9. The Bertz CT molecular complexity index is 1030. The summed E-state index contributed by atoms with van der Waals surface area (Å²) in [5.41, 5.74) is 2.09. The fourth-order valence-electron chi connectivity index (χ4n) is 4.40. The molecule has 8 heteroatoms. The first kappa shape index (κ1) is 20.7. The first-order valence-electron chi connectivity index (χ1n) is 10.5. The SMILES string of the molecule is CC(=O)N1CCc2cc(S(=O)(=O)Nc3ccc(N(C)C4CCCCC4)nc3)ccc21. The zero-order valence-corrected chi connectivity index (χ0v) is 18.3.